The standard InChI is InChI=1S/C26H39N5OS/c1-2-6-20(7-3-1)24-27-25(23-21-8-4-5-9-22(21)33-26(23)28-24)31-14-12-29(13-15-31)10-11-30-16-18-32-19-17-30/h20H,1-19H2. The Morgan fingerprint density at radius 3 is 2.30 bits per heavy atom. The monoisotopic (exact) mass is 469 g/mol. The highest BCUT2D eigenvalue weighted by Crippen LogP contribution is 2.42. The van der Waals surface area contributed by atoms with Gasteiger partial charge in [0, 0.05) is 63.2 Å². The van der Waals surface area contributed by atoms with Gasteiger partial charge in [0.2, 0.25) is 0 Å². The van der Waals surface area contributed by atoms with E-state index in [9.17, 15) is 0 Å². The van der Waals surface area contributed by atoms with Crippen LogP contribution in [0.1, 0.15) is 67.1 Å². The zero-order valence-corrected chi connectivity index (χ0v) is 20.9. The first-order valence-corrected chi connectivity index (χ1v) is 14.3. The number of hydrogen-bond donors (Lipinski definition) is 0. The molecule has 2 saturated heterocycles. The molecule has 2 aromatic rings. The topological polar surface area (TPSA) is 44.7 Å². The fourth-order valence-corrected chi connectivity index (χ4v) is 7.48. The SMILES string of the molecule is C1CCC(c2nc(N3CCN(CCN4CCOCC4)CC3)c3c4c(sc3n2)CCCC4)CC1. The molecular formula is C26H39N5OS. The number of hydrogen-bond acceptors (Lipinski definition) is 7. The quantitative estimate of drug-likeness (QED) is 0.658. The molecule has 0 atom stereocenters. The molecular weight excluding hydrogens is 430 g/mol. The van der Waals surface area contributed by atoms with Crippen LogP contribution in [-0.4, -0.2) is 85.3 Å². The Balaban J connectivity index is 1.22. The Morgan fingerprint density at radius 2 is 1.52 bits per heavy atom. The van der Waals surface area contributed by atoms with E-state index in [1.54, 1.807) is 10.4 Å². The number of anilines is 1. The third kappa shape index (κ3) is 4.79. The Morgan fingerprint density at radius 1 is 0.788 bits per heavy atom. The Labute approximate surface area is 202 Å². The summed E-state index contributed by atoms with van der Waals surface area (Å²) in [6, 6.07) is 0. The minimum Gasteiger partial charge on any atom is -0.379 e. The van der Waals surface area contributed by atoms with Crippen LogP contribution in [0.5, 0.6) is 0 Å². The van der Waals surface area contributed by atoms with Gasteiger partial charge in [0.1, 0.15) is 16.5 Å². The molecule has 3 fully saturated rings. The molecule has 6 nitrogen and oxygen atoms in total. The molecule has 180 valence electrons. The van der Waals surface area contributed by atoms with E-state index in [0.29, 0.717) is 5.92 Å². The van der Waals surface area contributed by atoms with Gasteiger partial charge < -0.3 is 9.64 Å². The van der Waals surface area contributed by atoms with E-state index in [2.05, 4.69) is 14.7 Å². The predicted octanol–water partition coefficient (Wildman–Crippen LogP) is 4.07. The number of piperazine rings is 1. The number of nitrogens with zero attached hydrogens (tertiary/aromatic N) is 5. The average Bonchev–Trinajstić information content (AvgIpc) is 3.27. The van der Waals surface area contributed by atoms with Gasteiger partial charge in [-0.1, -0.05) is 19.3 Å². The molecule has 33 heavy (non-hydrogen) atoms. The third-order valence-corrected chi connectivity index (χ3v) is 9.48. The predicted molar refractivity (Wildman–Crippen MR) is 136 cm³/mol. The van der Waals surface area contributed by atoms with Crippen molar-refractivity contribution in [3.05, 3.63) is 16.3 Å². The maximum Gasteiger partial charge on any atom is 0.141 e. The number of rotatable bonds is 5. The minimum absolute atomic E-state index is 0.566. The van der Waals surface area contributed by atoms with Gasteiger partial charge >= 0.3 is 0 Å². The molecule has 6 rings (SSSR count). The van der Waals surface area contributed by atoms with Crippen LogP contribution in [0.4, 0.5) is 5.82 Å². The van der Waals surface area contributed by atoms with Crippen LogP contribution < -0.4 is 4.90 Å². The summed E-state index contributed by atoms with van der Waals surface area (Å²) >= 11 is 1.98. The summed E-state index contributed by atoms with van der Waals surface area (Å²) in [6.45, 7) is 10.8. The molecule has 2 aliphatic heterocycles. The summed E-state index contributed by atoms with van der Waals surface area (Å²) < 4.78 is 5.50. The van der Waals surface area contributed by atoms with E-state index < -0.39 is 0 Å². The molecule has 7 heteroatoms. The van der Waals surface area contributed by atoms with Crippen molar-refractivity contribution in [1.82, 2.24) is 19.8 Å². The molecule has 0 bridgehead atoms. The third-order valence-electron chi connectivity index (χ3n) is 8.29. The number of aromatic nitrogens is 2. The Kier molecular flexibility index (Phi) is 6.82. The van der Waals surface area contributed by atoms with Gasteiger partial charge in [0.15, 0.2) is 0 Å². The fourth-order valence-electron chi connectivity index (χ4n) is 6.22. The van der Waals surface area contributed by atoms with Crippen LogP contribution in [0, 0.1) is 0 Å². The van der Waals surface area contributed by atoms with Crippen molar-refractivity contribution in [2.75, 3.05) is 70.5 Å². The number of thiophene rings is 1. The first-order chi connectivity index (χ1) is 16.3. The largest absolute Gasteiger partial charge is 0.379 e. The van der Waals surface area contributed by atoms with Gasteiger partial charge in [-0.2, -0.15) is 0 Å². The van der Waals surface area contributed by atoms with Gasteiger partial charge in [0.25, 0.3) is 0 Å². The van der Waals surface area contributed by atoms with Crippen molar-refractivity contribution in [3.8, 4) is 0 Å². The number of ether oxygens (including phenoxy) is 1. The highest BCUT2D eigenvalue weighted by molar-refractivity contribution is 7.19. The van der Waals surface area contributed by atoms with Crippen LogP contribution in [0.25, 0.3) is 10.2 Å². The summed E-state index contributed by atoms with van der Waals surface area (Å²) in [6.07, 6.45) is 11.7. The molecule has 4 aliphatic rings. The Hall–Kier alpha value is -1.28. The number of morpholine rings is 1. The molecule has 0 unspecified atom stereocenters. The van der Waals surface area contributed by atoms with E-state index in [1.807, 2.05) is 11.3 Å². The lowest BCUT2D eigenvalue weighted by molar-refractivity contribution is 0.0331. The first kappa shape index (κ1) is 22.2. The summed E-state index contributed by atoms with van der Waals surface area (Å²) in [7, 11) is 0. The number of fused-ring (bicyclic) bond motifs is 3. The maximum atomic E-state index is 5.50. The maximum absolute atomic E-state index is 5.50. The van der Waals surface area contributed by atoms with Crippen molar-refractivity contribution in [2.45, 2.75) is 63.7 Å². The van der Waals surface area contributed by atoms with Gasteiger partial charge in [-0.05, 0) is 44.1 Å². The highest BCUT2D eigenvalue weighted by Gasteiger charge is 2.28. The highest BCUT2D eigenvalue weighted by atomic mass is 32.1. The minimum atomic E-state index is 0.566. The molecule has 2 aliphatic carbocycles. The lowest BCUT2D eigenvalue weighted by atomic mass is 9.88. The van der Waals surface area contributed by atoms with Crippen LogP contribution in [0.2, 0.25) is 0 Å². The lowest BCUT2D eigenvalue weighted by Gasteiger charge is -2.37. The summed E-state index contributed by atoms with van der Waals surface area (Å²) in [5.41, 5.74) is 1.58. The van der Waals surface area contributed by atoms with E-state index in [0.717, 1.165) is 58.3 Å². The Bertz CT molecular complexity index is 942. The van der Waals surface area contributed by atoms with Crippen LogP contribution in [-0.2, 0) is 17.6 Å². The van der Waals surface area contributed by atoms with Crippen molar-refractivity contribution in [1.29, 1.82) is 0 Å². The first-order valence-electron chi connectivity index (χ1n) is 13.4. The van der Waals surface area contributed by atoms with Gasteiger partial charge in [-0.3, -0.25) is 9.80 Å². The molecule has 0 spiro atoms. The van der Waals surface area contributed by atoms with Gasteiger partial charge in [-0.15, -0.1) is 11.3 Å². The van der Waals surface area contributed by atoms with Crippen LogP contribution in [0.15, 0.2) is 0 Å². The molecule has 2 aromatic heterocycles. The smallest absolute Gasteiger partial charge is 0.141 e. The van der Waals surface area contributed by atoms with E-state index in [4.69, 9.17) is 14.7 Å². The van der Waals surface area contributed by atoms with Crippen LogP contribution >= 0.6 is 11.3 Å². The lowest BCUT2D eigenvalue weighted by Crippen LogP contribution is -2.49. The van der Waals surface area contributed by atoms with Crippen molar-refractivity contribution in [3.63, 3.8) is 0 Å². The van der Waals surface area contributed by atoms with Gasteiger partial charge in [-0.25, -0.2) is 9.97 Å². The van der Waals surface area contributed by atoms with Crippen molar-refractivity contribution < 1.29 is 4.74 Å². The second kappa shape index (κ2) is 10.1. The van der Waals surface area contributed by atoms with Crippen molar-refractivity contribution >= 4 is 27.4 Å². The number of aryl methyl sites for hydroxylation is 2. The van der Waals surface area contributed by atoms with E-state index in [-0.39, 0.29) is 0 Å². The summed E-state index contributed by atoms with van der Waals surface area (Å²) in [5, 5.41) is 1.41. The molecule has 1 saturated carbocycles. The van der Waals surface area contributed by atoms with Crippen LogP contribution in [0.3, 0.4) is 0 Å². The van der Waals surface area contributed by atoms with E-state index in [1.165, 1.54) is 86.9 Å². The average molecular weight is 470 g/mol. The second-order valence-electron chi connectivity index (χ2n) is 10.4. The molecule has 0 amide bonds. The van der Waals surface area contributed by atoms with Crippen molar-refractivity contribution in [2.24, 2.45) is 0 Å². The fraction of sp³-hybridized carbons (Fsp3) is 0.769. The summed E-state index contributed by atoms with van der Waals surface area (Å²) in [5.74, 6) is 2.98. The zero-order valence-electron chi connectivity index (χ0n) is 20.1. The second-order valence-corrected chi connectivity index (χ2v) is 11.5. The molecule has 0 N–H and O–H groups in total. The normalized spacial score (nSPS) is 23.8. The van der Waals surface area contributed by atoms with E-state index >= 15 is 0 Å². The molecule has 0 aromatic carbocycles. The zero-order chi connectivity index (χ0) is 22.0. The molecule has 0 radical (unpaired) electrons. The summed E-state index contributed by atoms with van der Waals surface area (Å²) in [4.78, 5) is 21.2. The molecule has 4 heterocycles. The van der Waals surface area contributed by atoms with Gasteiger partial charge in [0.05, 0.1) is 18.6 Å².